The van der Waals surface area contributed by atoms with Gasteiger partial charge in [-0.15, -0.1) is 0 Å². The fraction of sp³-hybridized carbons (Fsp3) is 0.263. The van der Waals surface area contributed by atoms with Crippen LogP contribution in [0, 0.1) is 5.92 Å². The van der Waals surface area contributed by atoms with Crippen molar-refractivity contribution in [2.45, 2.75) is 12.5 Å². The Morgan fingerprint density at radius 2 is 2.12 bits per heavy atom. The van der Waals surface area contributed by atoms with Crippen LogP contribution in [0.3, 0.4) is 0 Å². The molecule has 1 amide bonds. The summed E-state index contributed by atoms with van der Waals surface area (Å²) in [6, 6.07) is 15.7. The molecule has 3 aromatic rings. The number of ether oxygens (including phenoxy) is 1. The zero-order valence-electron chi connectivity index (χ0n) is 13.2. The third kappa shape index (κ3) is 2.90. The maximum absolute atomic E-state index is 12.4. The van der Waals surface area contributed by atoms with Gasteiger partial charge in [0.2, 0.25) is 0 Å². The molecule has 0 bridgehead atoms. The van der Waals surface area contributed by atoms with Gasteiger partial charge in [-0.1, -0.05) is 30.3 Å². The summed E-state index contributed by atoms with van der Waals surface area (Å²) in [6.45, 7) is 1.35. The summed E-state index contributed by atoms with van der Waals surface area (Å²) in [4.78, 5) is 19.6. The minimum absolute atomic E-state index is 0.0570. The number of aromatic amines is 1. The predicted molar refractivity (Wildman–Crippen MR) is 91.7 cm³/mol. The van der Waals surface area contributed by atoms with E-state index in [4.69, 9.17) is 4.74 Å². The van der Waals surface area contributed by atoms with Crippen LogP contribution in [0.5, 0.6) is 0 Å². The minimum Gasteiger partial charge on any atom is -0.373 e. The Morgan fingerprint density at radius 1 is 1.25 bits per heavy atom. The fourth-order valence-corrected chi connectivity index (χ4v) is 3.26. The largest absolute Gasteiger partial charge is 0.373 e. The zero-order chi connectivity index (χ0) is 16.4. The molecule has 0 saturated carbocycles. The predicted octanol–water partition coefficient (Wildman–Crippen LogP) is 3.07. The molecule has 122 valence electrons. The summed E-state index contributed by atoms with van der Waals surface area (Å²) in [5, 5.41) is 3.04. The van der Waals surface area contributed by atoms with E-state index < -0.39 is 0 Å². The van der Waals surface area contributed by atoms with E-state index in [0.717, 1.165) is 24.1 Å². The number of imidazole rings is 1. The minimum atomic E-state index is -0.0646. The first kappa shape index (κ1) is 14.9. The summed E-state index contributed by atoms with van der Waals surface area (Å²) >= 11 is 0. The van der Waals surface area contributed by atoms with Crippen LogP contribution in [0.4, 0.5) is 0 Å². The molecule has 1 saturated heterocycles. The smallest absolute Gasteiger partial charge is 0.251 e. The highest BCUT2D eigenvalue weighted by atomic mass is 16.5. The molecule has 0 unspecified atom stereocenters. The van der Waals surface area contributed by atoms with Crippen LogP contribution < -0.4 is 5.32 Å². The van der Waals surface area contributed by atoms with E-state index >= 15 is 0 Å². The number of aromatic nitrogens is 2. The molecular weight excluding hydrogens is 302 g/mol. The van der Waals surface area contributed by atoms with Gasteiger partial charge in [-0.2, -0.15) is 0 Å². The summed E-state index contributed by atoms with van der Waals surface area (Å²) in [6.07, 6.45) is 2.65. The van der Waals surface area contributed by atoms with Crippen LogP contribution in [0.1, 0.15) is 28.4 Å². The van der Waals surface area contributed by atoms with Crippen LogP contribution in [0.2, 0.25) is 0 Å². The Balaban J connectivity index is 1.43. The first-order valence-electron chi connectivity index (χ1n) is 8.19. The first-order chi connectivity index (χ1) is 11.8. The van der Waals surface area contributed by atoms with E-state index in [-0.39, 0.29) is 12.0 Å². The van der Waals surface area contributed by atoms with Crippen molar-refractivity contribution >= 4 is 16.9 Å². The lowest BCUT2D eigenvalue weighted by Gasteiger charge is -2.19. The standard InChI is InChI=1S/C19H19N3O2/c23-19(14-6-7-16-17(10-14)22-12-21-16)20-11-15-8-9-24-18(15)13-4-2-1-3-5-13/h1-7,10,12,15,18H,8-9,11H2,(H,20,23)(H,21,22)/t15-,18-/m0/s1. The Hall–Kier alpha value is -2.66. The number of nitrogens with one attached hydrogen (secondary N) is 2. The normalized spacial score (nSPS) is 20.3. The van der Waals surface area contributed by atoms with Gasteiger partial charge in [0.05, 0.1) is 23.5 Å². The van der Waals surface area contributed by atoms with Gasteiger partial charge in [0.25, 0.3) is 5.91 Å². The third-order valence-corrected chi connectivity index (χ3v) is 4.55. The van der Waals surface area contributed by atoms with Crippen molar-refractivity contribution in [1.29, 1.82) is 0 Å². The van der Waals surface area contributed by atoms with Crippen molar-refractivity contribution in [1.82, 2.24) is 15.3 Å². The Bertz CT molecular complexity index is 844. The van der Waals surface area contributed by atoms with Gasteiger partial charge in [0.1, 0.15) is 0 Å². The van der Waals surface area contributed by atoms with Crippen molar-refractivity contribution in [2.75, 3.05) is 13.2 Å². The zero-order valence-corrected chi connectivity index (χ0v) is 13.2. The summed E-state index contributed by atoms with van der Waals surface area (Å²) in [7, 11) is 0. The third-order valence-electron chi connectivity index (χ3n) is 4.55. The molecule has 1 aromatic heterocycles. The molecule has 0 aliphatic carbocycles. The Morgan fingerprint density at radius 3 is 3.00 bits per heavy atom. The molecular formula is C19H19N3O2. The number of rotatable bonds is 4. The summed E-state index contributed by atoms with van der Waals surface area (Å²) in [5.41, 5.74) is 3.55. The van der Waals surface area contributed by atoms with Crippen molar-refractivity contribution < 1.29 is 9.53 Å². The van der Waals surface area contributed by atoms with Crippen molar-refractivity contribution in [3.05, 3.63) is 66.0 Å². The van der Waals surface area contributed by atoms with E-state index in [1.54, 1.807) is 12.4 Å². The second-order valence-corrected chi connectivity index (χ2v) is 6.10. The van der Waals surface area contributed by atoms with Gasteiger partial charge in [0.15, 0.2) is 0 Å². The number of hydrogen-bond acceptors (Lipinski definition) is 3. The number of hydrogen-bond donors (Lipinski definition) is 2. The summed E-state index contributed by atoms with van der Waals surface area (Å²) < 4.78 is 5.87. The number of carbonyl (C=O) groups excluding carboxylic acids is 1. The highest BCUT2D eigenvalue weighted by molar-refractivity contribution is 5.97. The Kier molecular flexibility index (Phi) is 4.01. The maximum Gasteiger partial charge on any atom is 0.251 e. The monoisotopic (exact) mass is 321 g/mol. The molecule has 0 radical (unpaired) electrons. The van der Waals surface area contributed by atoms with Crippen molar-refractivity contribution in [3.63, 3.8) is 0 Å². The highest BCUT2D eigenvalue weighted by Gasteiger charge is 2.29. The molecule has 2 N–H and O–H groups in total. The van der Waals surface area contributed by atoms with Gasteiger partial charge in [0, 0.05) is 24.6 Å². The van der Waals surface area contributed by atoms with Crippen LogP contribution >= 0.6 is 0 Å². The van der Waals surface area contributed by atoms with Crippen molar-refractivity contribution in [2.24, 2.45) is 5.92 Å². The molecule has 1 fully saturated rings. The van der Waals surface area contributed by atoms with Crippen LogP contribution in [0.25, 0.3) is 11.0 Å². The van der Waals surface area contributed by atoms with Crippen molar-refractivity contribution in [3.8, 4) is 0 Å². The molecule has 1 aliphatic rings. The first-order valence-corrected chi connectivity index (χ1v) is 8.19. The lowest BCUT2D eigenvalue weighted by Crippen LogP contribution is -2.30. The maximum atomic E-state index is 12.4. The molecule has 24 heavy (non-hydrogen) atoms. The molecule has 0 spiro atoms. The number of fused-ring (bicyclic) bond motifs is 1. The molecule has 5 heteroatoms. The molecule has 2 atom stereocenters. The fourth-order valence-electron chi connectivity index (χ4n) is 3.26. The highest BCUT2D eigenvalue weighted by Crippen LogP contribution is 2.33. The van der Waals surface area contributed by atoms with Crippen LogP contribution in [-0.2, 0) is 4.74 Å². The van der Waals surface area contributed by atoms with E-state index in [0.29, 0.717) is 18.0 Å². The average Bonchev–Trinajstić information content (AvgIpc) is 3.28. The number of H-pyrrole nitrogens is 1. The lowest BCUT2D eigenvalue weighted by molar-refractivity contribution is 0.0846. The molecule has 2 aromatic carbocycles. The summed E-state index contributed by atoms with van der Waals surface area (Å²) in [5.74, 6) is 0.234. The SMILES string of the molecule is O=C(NC[C@@H]1CCO[C@H]1c1ccccc1)c1ccc2nc[nH]c2c1. The second-order valence-electron chi connectivity index (χ2n) is 6.10. The lowest BCUT2D eigenvalue weighted by atomic mass is 9.95. The topological polar surface area (TPSA) is 67.0 Å². The number of nitrogens with zero attached hydrogens (tertiary/aromatic N) is 1. The Labute approximate surface area is 140 Å². The molecule has 5 nitrogen and oxygen atoms in total. The quantitative estimate of drug-likeness (QED) is 0.776. The number of amides is 1. The number of carbonyl (C=O) groups is 1. The van der Waals surface area contributed by atoms with Crippen LogP contribution in [0.15, 0.2) is 54.9 Å². The van der Waals surface area contributed by atoms with E-state index in [2.05, 4.69) is 27.4 Å². The molecule has 1 aliphatic heterocycles. The average molecular weight is 321 g/mol. The molecule has 4 rings (SSSR count). The van der Waals surface area contributed by atoms with Gasteiger partial charge in [-0.25, -0.2) is 4.98 Å². The van der Waals surface area contributed by atoms with Gasteiger partial charge < -0.3 is 15.0 Å². The van der Waals surface area contributed by atoms with Gasteiger partial charge >= 0.3 is 0 Å². The second kappa shape index (κ2) is 6.45. The van der Waals surface area contributed by atoms with Crippen LogP contribution in [-0.4, -0.2) is 29.0 Å². The molecule has 2 heterocycles. The van der Waals surface area contributed by atoms with E-state index in [9.17, 15) is 4.79 Å². The van der Waals surface area contributed by atoms with E-state index in [1.807, 2.05) is 30.3 Å². The number of benzene rings is 2. The van der Waals surface area contributed by atoms with Gasteiger partial charge in [-0.3, -0.25) is 4.79 Å². The van der Waals surface area contributed by atoms with Gasteiger partial charge in [-0.05, 0) is 30.2 Å². The van der Waals surface area contributed by atoms with E-state index in [1.165, 1.54) is 5.56 Å².